The van der Waals surface area contributed by atoms with Crippen LogP contribution in [0.2, 0.25) is 0 Å². The Morgan fingerprint density at radius 2 is 0.917 bits per heavy atom. The summed E-state index contributed by atoms with van der Waals surface area (Å²) in [5, 5.41) is 0. The highest BCUT2D eigenvalue weighted by atomic mass is 16.5. The van der Waals surface area contributed by atoms with Crippen molar-refractivity contribution >= 4 is 5.97 Å². The molecular weight excluding hydrogens is 440 g/mol. The van der Waals surface area contributed by atoms with Gasteiger partial charge in [0.1, 0.15) is 0 Å². The fraction of sp³-hybridized carbons (Fsp3) is 0.912. The molecule has 2 heteroatoms. The van der Waals surface area contributed by atoms with Crippen molar-refractivity contribution in [1.29, 1.82) is 0 Å². The Morgan fingerprint density at radius 3 is 1.28 bits per heavy atom. The van der Waals surface area contributed by atoms with Crippen LogP contribution >= 0.6 is 0 Å². The van der Waals surface area contributed by atoms with Crippen molar-refractivity contribution in [3.05, 3.63) is 12.2 Å². The molecule has 3 atom stereocenters. The smallest absolute Gasteiger partial charge is 0.333 e. The predicted octanol–water partition coefficient (Wildman–Crippen LogP) is 11.6. The summed E-state index contributed by atoms with van der Waals surface area (Å²) in [6.07, 6.45) is 29.8. The summed E-state index contributed by atoms with van der Waals surface area (Å²) in [4.78, 5) is 11.9. The Hall–Kier alpha value is -0.790. The van der Waals surface area contributed by atoms with Gasteiger partial charge in [0.25, 0.3) is 0 Å². The van der Waals surface area contributed by atoms with Crippen molar-refractivity contribution in [3.8, 4) is 0 Å². The van der Waals surface area contributed by atoms with Crippen molar-refractivity contribution in [2.75, 3.05) is 6.61 Å². The highest BCUT2D eigenvalue weighted by Crippen LogP contribution is 2.22. The summed E-state index contributed by atoms with van der Waals surface area (Å²) in [6.45, 7) is 15.5. The summed E-state index contributed by atoms with van der Waals surface area (Å²) in [5.74, 6) is 2.12. The normalized spacial score (nSPS) is 13.9. The average Bonchev–Trinajstić information content (AvgIpc) is 2.86. The zero-order valence-electron chi connectivity index (χ0n) is 25.5. The van der Waals surface area contributed by atoms with Gasteiger partial charge in [-0.2, -0.15) is 0 Å². The van der Waals surface area contributed by atoms with Gasteiger partial charge < -0.3 is 4.74 Å². The largest absolute Gasteiger partial charge is 0.462 e. The highest BCUT2D eigenvalue weighted by molar-refractivity contribution is 5.86. The molecule has 0 aliphatic rings. The van der Waals surface area contributed by atoms with Crippen molar-refractivity contribution in [2.45, 2.75) is 176 Å². The summed E-state index contributed by atoms with van der Waals surface area (Å²) in [6, 6.07) is 0. The van der Waals surface area contributed by atoms with Crippen LogP contribution in [0, 0.1) is 17.8 Å². The van der Waals surface area contributed by atoms with E-state index in [-0.39, 0.29) is 5.97 Å². The zero-order chi connectivity index (χ0) is 26.9. The van der Waals surface area contributed by atoms with E-state index in [2.05, 4.69) is 34.3 Å². The van der Waals surface area contributed by atoms with E-state index in [0.717, 1.165) is 11.8 Å². The van der Waals surface area contributed by atoms with Gasteiger partial charge in [0.15, 0.2) is 0 Å². The van der Waals surface area contributed by atoms with Gasteiger partial charge in [-0.05, 0) is 37.5 Å². The third-order valence-electron chi connectivity index (χ3n) is 8.02. The second-order valence-corrected chi connectivity index (χ2v) is 12.1. The standard InChI is InChI=1S/C34H66O2/c1-7-9-23-31(5)25-19-15-12-11-13-17-21-27-33(29-36-34(35)30(3)4)28-22-18-14-16-20-26-32(6)24-10-8-2/h31-33H,3,7-29H2,1-2,4-6H3. The fourth-order valence-electron chi connectivity index (χ4n) is 5.29. The van der Waals surface area contributed by atoms with Crippen molar-refractivity contribution < 1.29 is 9.53 Å². The Morgan fingerprint density at radius 1 is 0.583 bits per heavy atom. The highest BCUT2D eigenvalue weighted by Gasteiger charge is 2.13. The summed E-state index contributed by atoms with van der Waals surface area (Å²) in [5.41, 5.74) is 0.515. The van der Waals surface area contributed by atoms with E-state index in [1.165, 1.54) is 141 Å². The Kier molecular flexibility index (Phi) is 25.3. The number of carbonyl (C=O) groups is 1. The number of carbonyl (C=O) groups excluding carboxylic acids is 1. The number of unbranched alkanes of at least 4 members (excludes halogenated alkanes) is 12. The van der Waals surface area contributed by atoms with Crippen LogP contribution in [-0.4, -0.2) is 12.6 Å². The van der Waals surface area contributed by atoms with Crippen molar-refractivity contribution in [1.82, 2.24) is 0 Å². The number of hydrogen-bond donors (Lipinski definition) is 0. The van der Waals surface area contributed by atoms with Crippen LogP contribution in [-0.2, 0) is 9.53 Å². The van der Waals surface area contributed by atoms with Gasteiger partial charge in [-0.3, -0.25) is 0 Å². The van der Waals surface area contributed by atoms with Gasteiger partial charge >= 0.3 is 5.97 Å². The van der Waals surface area contributed by atoms with E-state index in [9.17, 15) is 4.79 Å². The lowest BCUT2D eigenvalue weighted by molar-refractivity contribution is -0.140. The molecule has 0 spiro atoms. The minimum absolute atomic E-state index is 0.221. The second-order valence-electron chi connectivity index (χ2n) is 12.1. The Bertz CT molecular complexity index is 497. The summed E-state index contributed by atoms with van der Waals surface area (Å²) >= 11 is 0. The van der Waals surface area contributed by atoms with Crippen LogP contribution in [0.4, 0.5) is 0 Å². The molecule has 0 rings (SSSR count). The van der Waals surface area contributed by atoms with Crippen LogP contribution in [0.3, 0.4) is 0 Å². The van der Waals surface area contributed by atoms with Crippen molar-refractivity contribution in [3.63, 3.8) is 0 Å². The average molecular weight is 507 g/mol. The fourth-order valence-corrected chi connectivity index (χ4v) is 5.29. The lowest BCUT2D eigenvalue weighted by Gasteiger charge is -2.17. The summed E-state index contributed by atoms with van der Waals surface area (Å²) in [7, 11) is 0. The van der Waals surface area contributed by atoms with E-state index in [4.69, 9.17) is 4.74 Å². The van der Waals surface area contributed by atoms with Gasteiger partial charge in [-0.25, -0.2) is 4.79 Å². The molecule has 0 aromatic rings. The topological polar surface area (TPSA) is 26.3 Å². The monoisotopic (exact) mass is 507 g/mol. The first-order valence-electron chi connectivity index (χ1n) is 16.2. The van der Waals surface area contributed by atoms with Crippen LogP contribution in [0.15, 0.2) is 12.2 Å². The maximum Gasteiger partial charge on any atom is 0.333 e. The van der Waals surface area contributed by atoms with Gasteiger partial charge in [0.2, 0.25) is 0 Å². The number of esters is 1. The van der Waals surface area contributed by atoms with E-state index >= 15 is 0 Å². The van der Waals surface area contributed by atoms with Crippen LogP contribution in [0.25, 0.3) is 0 Å². The van der Waals surface area contributed by atoms with Gasteiger partial charge in [0, 0.05) is 5.57 Å². The Labute approximate surface area is 227 Å². The molecule has 0 aromatic heterocycles. The number of rotatable bonds is 27. The third-order valence-corrected chi connectivity index (χ3v) is 8.02. The molecule has 0 aromatic carbocycles. The SMILES string of the molecule is C=C(C)C(=O)OCC(CCCCCCCCCC(C)CCCC)CCCCCCCC(C)CCCC. The van der Waals surface area contributed by atoms with Gasteiger partial charge in [-0.1, -0.05) is 163 Å². The molecule has 214 valence electrons. The zero-order valence-corrected chi connectivity index (χ0v) is 25.5. The van der Waals surface area contributed by atoms with E-state index in [1.807, 2.05) is 0 Å². The first kappa shape index (κ1) is 35.2. The van der Waals surface area contributed by atoms with Gasteiger partial charge in [0.05, 0.1) is 6.61 Å². The lowest BCUT2D eigenvalue weighted by Crippen LogP contribution is -2.15. The van der Waals surface area contributed by atoms with Crippen LogP contribution in [0.1, 0.15) is 176 Å². The maximum absolute atomic E-state index is 11.9. The van der Waals surface area contributed by atoms with Crippen LogP contribution < -0.4 is 0 Å². The molecule has 2 nitrogen and oxygen atoms in total. The molecule has 0 aliphatic carbocycles. The molecule has 0 radical (unpaired) electrons. The van der Waals surface area contributed by atoms with Crippen LogP contribution in [0.5, 0.6) is 0 Å². The molecule has 0 fully saturated rings. The van der Waals surface area contributed by atoms with E-state index in [1.54, 1.807) is 6.92 Å². The first-order valence-corrected chi connectivity index (χ1v) is 16.2. The lowest BCUT2D eigenvalue weighted by atomic mass is 9.93. The minimum Gasteiger partial charge on any atom is -0.462 e. The quantitative estimate of drug-likeness (QED) is 0.0629. The molecule has 0 heterocycles. The molecule has 0 aliphatic heterocycles. The Balaban J connectivity index is 3.94. The molecule has 3 unspecified atom stereocenters. The molecule has 36 heavy (non-hydrogen) atoms. The molecule has 0 bridgehead atoms. The minimum atomic E-state index is -0.221. The number of ether oxygens (including phenoxy) is 1. The summed E-state index contributed by atoms with van der Waals surface area (Å²) < 4.78 is 5.55. The van der Waals surface area contributed by atoms with Gasteiger partial charge in [-0.15, -0.1) is 0 Å². The molecular formula is C34H66O2. The number of hydrogen-bond acceptors (Lipinski definition) is 2. The van der Waals surface area contributed by atoms with Crippen molar-refractivity contribution in [2.24, 2.45) is 17.8 Å². The molecule has 0 N–H and O–H groups in total. The maximum atomic E-state index is 11.9. The molecule has 0 saturated heterocycles. The van der Waals surface area contributed by atoms with E-state index in [0.29, 0.717) is 18.1 Å². The first-order chi connectivity index (χ1) is 17.4. The van der Waals surface area contributed by atoms with E-state index < -0.39 is 0 Å². The second kappa shape index (κ2) is 25.8. The third kappa shape index (κ3) is 23.6. The molecule has 0 saturated carbocycles. The molecule has 0 amide bonds. The predicted molar refractivity (Wildman–Crippen MR) is 161 cm³/mol.